The lowest BCUT2D eigenvalue weighted by atomic mass is 10.1. The van der Waals surface area contributed by atoms with Crippen molar-refractivity contribution < 1.29 is 4.79 Å². The van der Waals surface area contributed by atoms with Crippen molar-refractivity contribution in [2.75, 3.05) is 13.6 Å². The Morgan fingerprint density at radius 2 is 2.12 bits per heavy atom. The first-order chi connectivity index (χ1) is 8.08. The molecule has 0 bridgehead atoms. The molecule has 0 spiro atoms. The number of likely N-dealkylation sites (N-methyl/N-ethyl adjacent to an activating group) is 1. The van der Waals surface area contributed by atoms with Crippen molar-refractivity contribution in [2.24, 2.45) is 0 Å². The highest BCUT2D eigenvalue weighted by atomic mass is 35.5. The SMILES string of the molecule is CN(CC(=O)c1cc(Cl)sc1Cl)C1CCCC1. The minimum atomic E-state index is 0.0625. The van der Waals surface area contributed by atoms with Gasteiger partial charge in [0.15, 0.2) is 5.78 Å². The van der Waals surface area contributed by atoms with E-state index in [9.17, 15) is 4.79 Å². The highest BCUT2D eigenvalue weighted by molar-refractivity contribution is 7.20. The third-order valence-corrected chi connectivity index (χ3v) is 4.79. The van der Waals surface area contributed by atoms with Crippen LogP contribution in [0.25, 0.3) is 0 Å². The van der Waals surface area contributed by atoms with Crippen molar-refractivity contribution >= 4 is 40.3 Å². The van der Waals surface area contributed by atoms with Gasteiger partial charge in [0.05, 0.1) is 16.4 Å². The molecular weight excluding hydrogens is 277 g/mol. The van der Waals surface area contributed by atoms with Gasteiger partial charge in [-0.25, -0.2) is 0 Å². The van der Waals surface area contributed by atoms with Crippen LogP contribution in [-0.4, -0.2) is 30.3 Å². The predicted octanol–water partition coefficient (Wildman–Crippen LogP) is 4.11. The van der Waals surface area contributed by atoms with Gasteiger partial charge in [-0.3, -0.25) is 9.69 Å². The van der Waals surface area contributed by atoms with Gasteiger partial charge in [-0.2, -0.15) is 0 Å². The molecule has 0 saturated heterocycles. The summed E-state index contributed by atoms with van der Waals surface area (Å²) in [5, 5.41) is 0. The molecule has 17 heavy (non-hydrogen) atoms. The number of ketones is 1. The van der Waals surface area contributed by atoms with Crippen LogP contribution in [0.2, 0.25) is 8.67 Å². The molecule has 1 aliphatic carbocycles. The Hall–Kier alpha value is -0.0900. The highest BCUT2D eigenvalue weighted by Crippen LogP contribution is 2.32. The largest absolute Gasteiger partial charge is 0.296 e. The fourth-order valence-electron chi connectivity index (χ4n) is 2.32. The van der Waals surface area contributed by atoms with E-state index in [4.69, 9.17) is 23.2 Å². The monoisotopic (exact) mass is 291 g/mol. The van der Waals surface area contributed by atoms with E-state index in [-0.39, 0.29) is 5.78 Å². The molecule has 5 heteroatoms. The van der Waals surface area contributed by atoms with E-state index >= 15 is 0 Å². The zero-order valence-corrected chi connectivity index (χ0v) is 12.0. The zero-order valence-electron chi connectivity index (χ0n) is 9.71. The van der Waals surface area contributed by atoms with Crippen LogP contribution in [0.3, 0.4) is 0 Å². The average molecular weight is 292 g/mol. The lowest BCUT2D eigenvalue weighted by Crippen LogP contribution is -2.34. The van der Waals surface area contributed by atoms with Crippen LogP contribution >= 0.6 is 34.5 Å². The molecule has 0 radical (unpaired) electrons. The summed E-state index contributed by atoms with van der Waals surface area (Å²) in [5.74, 6) is 0.0625. The molecule has 0 aromatic carbocycles. The van der Waals surface area contributed by atoms with Gasteiger partial charge in [-0.1, -0.05) is 36.0 Å². The maximum absolute atomic E-state index is 12.1. The number of halogens is 2. The predicted molar refractivity (Wildman–Crippen MR) is 73.6 cm³/mol. The molecule has 1 heterocycles. The molecule has 2 nitrogen and oxygen atoms in total. The quantitative estimate of drug-likeness (QED) is 0.778. The molecule has 1 aromatic rings. The summed E-state index contributed by atoms with van der Waals surface area (Å²) >= 11 is 13.1. The molecule has 0 amide bonds. The third kappa shape index (κ3) is 3.22. The van der Waals surface area contributed by atoms with Crippen molar-refractivity contribution in [1.29, 1.82) is 0 Å². The van der Waals surface area contributed by atoms with Gasteiger partial charge in [-0.05, 0) is 26.0 Å². The van der Waals surface area contributed by atoms with E-state index < -0.39 is 0 Å². The third-order valence-electron chi connectivity index (χ3n) is 3.30. The molecule has 1 fully saturated rings. The van der Waals surface area contributed by atoms with Crippen molar-refractivity contribution in [1.82, 2.24) is 4.90 Å². The first kappa shape index (κ1) is 13.3. The number of nitrogens with zero attached hydrogens (tertiary/aromatic N) is 1. The van der Waals surface area contributed by atoms with Gasteiger partial charge in [0.2, 0.25) is 0 Å². The number of Topliss-reactive ketones (excluding diaryl/α,β-unsaturated/α-hetero) is 1. The lowest BCUT2D eigenvalue weighted by Gasteiger charge is -2.22. The summed E-state index contributed by atoms with van der Waals surface area (Å²) < 4.78 is 1.07. The van der Waals surface area contributed by atoms with Crippen molar-refractivity contribution in [2.45, 2.75) is 31.7 Å². The Labute approximate surface area is 116 Å². The van der Waals surface area contributed by atoms with E-state index in [0.29, 0.717) is 26.8 Å². The average Bonchev–Trinajstić information content (AvgIpc) is 2.87. The zero-order chi connectivity index (χ0) is 12.4. The Balaban J connectivity index is 1.98. The number of thiophene rings is 1. The van der Waals surface area contributed by atoms with Gasteiger partial charge in [-0.15, -0.1) is 11.3 Å². The molecule has 1 saturated carbocycles. The molecule has 0 aliphatic heterocycles. The van der Waals surface area contributed by atoms with Crippen LogP contribution in [-0.2, 0) is 0 Å². The van der Waals surface area contributed by atoms with Gasteiger partial charge >= 0.3 is 0 Å². The second kappa shape index (κ2) is 5.70. The molecular formula is C12H15Cl2NOS. The van der Waals surface area contributed by atoms with Gasteiger partial charge in [0.25, 0.3) is 0 Å². The fourth-order valence-corrected chi connectivity index (χ4v) is 3.82. The topological polar surface area (TPSA) is 20.3 Å². The first-order valence-electron chi connectivity index (χ1n) is 5.76. The molecule has 1 aliphatic rings. The Kier molecular flexibility index (Phi) is 4.47. The summed E-state index contributed by atoms with van der Waals surface area (Å²) in [6, 6.07) is 2.21. The van der Waals surface area contributed by atoms with E-state index in [2.05, 4.69) is 4.90 Å². The van der Waals surface area contributed by atoms with E-state index in [0.717, 1.165) is 0 Å². The molecule has 2 rings (SSSR count). The van der Waals surface area contributed by atoms with Gasteiger partial charge in [0, 0.05) is 6.04 Å². The first-order valence-corrected chi connectivity index (χ1v) is 7.33. The normalized spacial score (nSPS) is 16.9. The number of hydrogen-bond donors (Lipinski definition) is 0. The second-order valence-electron chi connectivity index (χ2n) is 4.51. The molecule has 0 atom stereocenters. The lowest BCUT2D eigenvalue weighted by molar-refractivity contribution is 0.0921. The smallest absolute Gasteiger partial charge is 0.179 e. The van der Waals surface area contributed by atoms with Crippen LogP contribution < -0.4 is 0 Å². The summed E-state index contributed by atoms with van der Waals surface area (Å²) in [4.78, 5) is 14.2. The van der Waals surface area contributed by atoms with Crippen LogP contribution in [0.15, 0.2) is 6.07 Å². The van der Waals surface area contributed by atoms with Gasteiger partial charge in [0.1, 0.15) is 4.34 Å². The highest BCUT2D eigenvalue weighted by Gasteiger charge is 2.23. The van der Waals surface area contributed by atoms with E-state index in [1.807, 2.05) is 7.05 Å². The summed E-state index contributed by atoms with van der Waals surface area (Å²) in [5.41, 5.74) is 0.562. The van der Waals surface area contributed by atoms with Crippen molar-refractivity contribution in [3.8, 4) is 0 Å². The molecule has 1 aromatic heterocycles. The van der Waals surface area contributed by atoms with Crippen molar-refractivity contribution in [3.63, 3.8) is 0 Å². The van der Waals surface area contributed by atoms with Crippen LogP contribution in [0.4, 0.5) is 0 Å². The van der Waals surface area contributed by atoms with E-state index in [1.165, 1.54) is 37.0 Å². The van der Waals surface area contributed by atoms with Crippen LogP contribution in [0.5, 0.6) is 0 Å². The maximum atomic E-state index is 12.1. The molecule has 94 valence electrons. The van der Waals surface area contributed by atoms with E-state index in [1.54, 1.807) is 6.07 Å². The maximum Gasteiger partial charge on any atom is 0.179 e. The van der Waals surface area contributed by atoms with Gasteiger partial charge < -0.3 is 0 Å². The van der Waals surface area contributed by atoms with Crippen molar-refractivity contribution in [3.05, 3.63) is 20.3 Å². The summed E-state index contributed by atoms with van der Waals surface area (Å²) in [6.45, 7) is 0.428. The number of rotatable bonds is 4. The Bertz CT molecular complexity index is 413. The summed E-state index contributed by atoms with van der Waals surface area (Å²) in [7, 11) is 2.01. The second-order valence-corrected chi connectivity index (χ2v) is 6.80. The number of carbonyl (C=O) groups is 1. The number of hydrogen-bond acceptors (Lipinski definition) is 3. The fraction of sp³-hybridized carbons (Fsp3) is 0.583. The van der Waals surface area contributed by atoms with Crippen LogP contribution in [0.1, 0.15) is 36.0 Å². The Morgan fingerprint density at radius 1 is 1.47 bits per heavy atom. The molecule has 0 N–H and O–H groups in total. The molecule has 0 unspecified atom stereocenters. The summed E-state index contributed by atoms with van der Waals surface area (Å²) in [6.07, 6.45) is 4.94. The minimum absolute atomic E-state index is 0.0625. The standard InChI is InChI=1S/C12H15Cl2NOS/c1-15(8-4-2-3-5-8)7-10(16)9-6-11(13)17-12(9)14/h6,8H,2-5,7H2,1H3. The minimum Gasteiger partial charge on any atom is -0.296 e. The Morgan fingerprint density at radius 3 is 2.65 bits per heavy atom. The number of carbonyl (C=O) groups excluding carboxylic acids is 1. The van der Waals surface area contributed by atoms with Crippen LogP contribution in [0, 0.1) is 0 Å².